The van der Waals surface area contributed by atoms with Crippen molar-refractivity contribution in [3.05, 3.63) is 34.1 Å². The molecule has 0 bridgehead atoms. The van der Waals surface area contributed by atoms with Crippen molar-refractivity contribution in [3.8, 4) is 0 Å². The molecule has 1 aromatic rings. The SMILES string of the molecule is CC(C)NCCC(C)(O)Cc1cc(F)cc(Br)c1. The fourth-order valence-electron chi connectivity index (χ4n) is 1.87. The largest absolute Gasteiger partial charge is 0.390 e. The summed E-state index contributed by atoms with van der Waals surface area (Å²) >= 11 is 3.26. The lowest BCUT2D eigenvalue weighted by Crippen LogP contribution is -2.34. The molecule has 4 heteroatoms. The number of benzene rings is 1. The predicted molar refractivity (Wildman–Crippen MR) is 76.2 cm³/mol. The fourth-order valence-corrected chi connectivity index (χ4v) is 2.38. The van der Waals surface area contributed by atoms with Crippen LogP contribution in [0.15, 0.2) is 22.7 Å². The van der Waals surface area contributed by atoms with Crippen molar-refractivity contribution in [1.29, 1.82) is 0 Å². The van der Waals surface area contributed by atoms with E-state index in [1.54, 1.807) is 6.92 Å². The molecule has 18 heavy (non-hydrogen) atoms. The maximum Gasteiger partial charge on any atom is 0.124 e. The molecule has 0 heterocycles. The Morgan fingerprint density at radius 3 is 2.61 bits per heavy atom. The molecule has 0 radical (unpaired) electrons. The van der Waals surface area contributed by atoms with Crippen LogP contribution in [0.4, 0.5) is 4.39 Å². The van der Waals surface area contributed by atoms with E-state index in [1.807, 2.05) is 6.07 Å². The van der Waals surface area contributed by atoms with Gasteiger partial charge in [0, 0.05) is 16.9 Å². The number of aliphatic hydroxyl groups is 1. The molecule has 2 N–H and O–H groups in total. The van der Waals surface area contributed by atoms with E-state index in [9.17, 15) is 9.50 Å². The molecule has 0 aromatic heterocycles. The molecular formula is C14H21BrFNO. The Kier molecular flexibility index (Phi) is 5.76. The highest BCUT2D eigenvalue weighted by atomic mass is 79.9. The van der Waals surface area contributed by atoms with Crippen LogP contribution in [0.25, 0.3) is 0 Å². The van der Waals surface area contributed by atoms with Crippen LogP contribution in [0.1, 0.15) is 32.8 Å². The molecule has 1 rings (SSSR count). The molecule has 0 spiro atoms. The fraction of sp³-hybridized carbons (Fsp3) is 0.571. The van der Waals surface area contributed by atoms with Gasteiger partial charge in [0.05, 0.1) is 5.60 Å². The Balaban J connectivity index is 2.58. The average molecular weight is 318 g/mol. The molecule has 0 saturated heterocycles. The Hall–Kier alpha value is -0.450. The second kappa shape index (κ2) is 6.64. The first-order valence-corrected chi connectivity index (χ1v) is 6.98. The summed E-state index contributed by atoms with van der Waals surface area (Å²) in [6.07, 6.45) is 1.09. The van der Waals surface area contributed by atoms with Crippen molar-refractivity contribution < 1.29 is 9.50 Å². The zero-order valence-corrected chi connectivity index (χ0v) is 12.7. The minimum absolute atomic E-state index is 0.282. The highest BCUT2D eigenvalue weighted by Gasteiger charge is 2.21. The zero-order valence-electron chi connectivity index (χ0n) is 11.1. The lowest BCUT2D eigenvalue weighted by Gasteiger charge is -2.24. The van der Waals surface area contributed by atoms with Gasteiger partial charge < -0.3 is 10.4 Å². The molecule has 0 saturated carbocycles. The quantitative estimate of drug-likeness (QED) is 0.844. The Bertz CT molecular complexity index is 373. The third-order valence-corrected chi connectivity index (χ3v) is 3.18. The van der Waals surface area contributed by atoms with Gasteiger partial charge in [-0.15, -0.1) is 0 Å². The highest BCUT2D eigenvalue weighted by molar-refractivity contribution is 9.10. The third-order valence-electron chi connectivity index (χ3n) is 2.72. The summed E-state index contributed by atoms with van der Waals surface area (Å²) in [6, 6.07) is 5.13. The van der Waals surface area contributed by atoms with E-state index in [4.69, 9.17) is 0 Å². The first-order chi connectivity index (χ1) is 8.28. The summed E-state index contributed by atoms with van der Waals surface area (Å²) in [4.78, 5) is 0. The van der Waals surface area contributed by atoms with Crippen LogP contribution in [0.5, 0.6) is 0 Å². The summed E-state index contributed by atoms with van der Waals surface area (Å²) in [7, 11) is 0. The molecule has 1 unspecified atom stereocenters. The minimum atomic E-state index is -0.824. The summed E-state index contributed by atoms with van der Waals surface area (Å²) in [6.45, 7) is 6.67. The van der Waals surface area contributed by atoms with Gasteiger partial charge >= 0.3 is 0 Å². The topological polar surface area (TPSA) is 32.3 Å². The standard InChI is InChI=1S/C14H21BrFNO/c1-10(2)17-5-4-14(3,18)9-11-6-12(15)8-13(16)7-11/h6-8,10,17-18H,4-5,9H2,1-3H3. The Morgan fingerprint density at radius 2 is 2.06 bits per heavy atom. The van der Waals surface area contributed by atoms with Gasteiger partial charge in [0.2, 0.25) is 0 Å². The van der Waals surface area contributed by atoms with Crippen LogP contribution in [-0.4, -0.2) is 23.3 Å². The van der Waals surface area contributed by atoms with E-state index in [1.165, 1.54) is 12.1 Å². The summed E-state index contributed by atoms with van der Waals surface area (Å²) < 4.78 is 13.9. The van der Waals surface area contributed by atoms with Crippen molar-refractivity contribution in [2.75, 3.05) is 6.54 Å². The number of nitrogens with one attached hydrogen (secondary N) is 1. The zero-order chi connectivity index (χ0) is 13.8. The van der Waals surface area contributed by atoms with Gasteiger partial charge in [-0.05, 0) is 43.7 Å². The van der Waals surface area contributed by atoms with E-state index in [2.05, 4.69) is 35.1 Å². The molecule has 0 fully saturated rings. The molecule has 1 aromatic carbocycles. The maximum atomic E-state index is 13.2. The van der Waals surface area contributed by atoms with Crippen molar-refractivity contribution in [2.45, 2.75) is 45.3 Å². The lowest BCUT2D eigenvalue weighted by molar-refractivity contribution is 0.0510. The monoisotopic (exact) mass is 317 g/mol. The lowest BCUT2D eigenvalue weighted by atomic mass is 9.93. The van der Waals surface area contributed by atoms with Crippen molar-refractivity contribution in [2.24, 2.45) is 0 Å². The number of hydrogen-bond donors (Lipinski definition) is 2. The summed E-state index contributed by atoms with van der Waals surface area (Å²) in [5.41, 5.74) is -0.0220. The van der Waals surface area contributed by atoms with Gasteiger partial charge in [0.25, 0.3) is 0 Å². The van der Waals surface area contributed by atoms with Crippen LogP contribution in [-0.2, 0) is 6.42 Å². The van der Waals surface area contributed by atoms with Crippen LogP contribution in [0.3, 0.4) is 0 Å². The smallest absolute Gasteiger partial charge is 0.124 e. The molecule has 0 aliphatic rings. The number of halogens is 2. The Labute approximate surface area is 117 Å². The highest BCUT2D eigenvalue weighted by Crippen LogP contribution is 2.21. The number of hydrogen-bond acceptors (Lipinski definition) is 2. The second-order valence-electron chi connectivity index (χ2n) is 5.31. The van der Waals surface area contributed by atoms with Crippen molar-refractivity contribution >= 4 is 15.9 Å². The first-order valence-electron chi connectivity index (χ1n) is 6.19. The van der Waals surface area contributed by atoms with Crippen LogP contribution < -0.4 is 5.32 Å². The Morgan fingerprint density at radius 1 is 1.39 bits per heavy atom. The van der Waals surface area contributed by atoms with Gasteiger partial charge in [-0.1, -0.05) is 29.8 Å². The van der Waals surface area contributed by atoms with E-state index in [0.29, 0.717) is 23.4 Å². The van der Waals surface area contributed by atoms with Gasteiger partial charge in [0.15, 0.2) is 0 Å². The van der Waals surface area contributed by atoms with E-state index in [-0.39, 0.29) is 5.82 Å². The van der Waals surface area contributed by atoms with Gasteiger partial charge in [-0.25, -0.2) is 4.39 Å². The van der Waals surface area contributed by atoms with Gasteiger partial charge in [-0.3, -0.25) is 0 Å². The molecule has 1 atom stereocenters. The molecule has 2 nitrogen and oxygen atoms in total. The molecule has 102 valence electrons. The van der Waals surface area contributed by atoms with Gasteiger partial charge in [-0.2, -0.15) is 0 Å². The van der Waals surface area contributed by atoms with Crippen molar-refractivity contribution in [3.63, 3.8) is 0 Å². The molecule has 0 amide bonds. The maximum absolute atomic E-state index is 13.2. The van der Waals surface area contributed by atoms with Crippen LogP contribution in [0.2, 0.25) is 0 Å². The van der Waals surface area contributed by atoms with E-state index in [0.717, 1.165) is 12.1 Å². The van der Waals surface area contributed by atoms with E-state index >= 15 is 0 Å². The van der Waals surface area contributed by atoms with Crippen LogP contribution >= 0.6 is 15.9 Å². The van der Waals surface area contributed by atoms with Crippen molar-refractivity contribution in [1.82, 2.24) is 5.32 Å². The van der Waals surface area contributed by atoms with Gasteiger partial charge in [0.1, 0.15) is 5.82 Å². The average Bonchev–Trinajstić information content (AvgIpc) is 2.12. The molecule has 0 aliphatic heterocycles. The summed E-state index contributed by atoms with van der Waals surface area (Å²) in [5.74, 6) is -0.282. The predicted octanol–water partition coefficient (Wildman–Crippen LogP) is 3.27. The second-order valence-corrected chi connectivity index (χ2v) is 6.23. The van der Waals surface area contributed by atoms with Crippen LogP contribution in [0, 0.1) is 5.82 Å². The normalized spacial score (nSPS) is 14.8. The number of rotatable bonds is 6. The molecule has 0 aliphatic carbocycles. The third kappa shape index (κ3) is 5.94. The molecular weight excluding hydrogens is 297 g/mol. The summed E-state index contributed by atoms with van der Waals surface area (Å²) in [5, 5.41) is 13.6. The minimum Gasteiger partial charge on any atom is -0.390 e. The van der Waals surface area contributed by atoms with E-state index < -0.39 is 5.60 Å². The first kappa shape index (κ1) is 15.6.